The van der Waals surface area contributed by atoms with Gasteiger partial charge in [-0.3, -0.25) is 0 Å². The van der Waals surface area contributed by atoms with E-state index in [0.29, 0.717) is 5.41 Å². The molecule has 1 saturated heterocycles. The molecular formula is C16H32N2. The summed E-state index contributed by atoms with van der Waals surface area (Å²) >= 11 is 0. The van der Waals surface area contributed by atoms with Crippen molar-refractivity contribution in [2.75, 3.05) is 32.7 Å². The Bertz CT molecular complexity index is 213. The highest BCUT2D eigenvalue weighted by atomic mass is 15.1. The standard InChI is InChI=1S/C16H32N2/c1-2-17-14-16(10-6-3-4-7-11-16)15-18-12-8-5-9-13-18/h17H,2-15H2,1H3. The van der Waals surface area contributed by atoms with E-state index in [1.54, 1.807) is 0 Å². The molecule has 0 aromatic heterocycles. The SMILES string of the molecule is CCNCC1(CN2CCCCC2)CCCCCC1. The van der Waals surface area contributed by atoms with Crippen molar-refractivity contribution in [1.82, 2.24) is 10.2 Å². The van der Waals surface area contributed by atoms with Gasteiger partial charge in [0.15, 0.2) is 0 Å². The van der Waals surface area contributed by atoms with Crippen LogP contribution in [0.5, 0.6) is 0 Å². The highest BCUT2D eigenvalue weighted by Crippen LogP contribution is 2.36. The second-order valence-corrected chi connectivity index (χ2v) is 6.53. The molecule has 0 aromatic carbocycles. The maximum atomic E-state index is 3.65. The molecule has 1 aliphatic heterocycles. The average Bonchev–Trinajstić information content (AvgIpc) is 2.64. The topological polar surface area (TPSA) is 15.3 Å². The minimum Gasteiger partial charge on any atom is -0.316 e. The number of nitrogens with one attached hydrogen (secondary N) is 1. The highest BCUT2D eigenvalue weighted by molar-refractivity contribution is 4.87. The molecule has 106 valence electrons. The Morgan fingerprint density at radius 2 is 1.50 bits per heavy atom. The molecule has 1 heterocycles. The Morgan fingerprint density at radius 3 is 2.11 bits per heavy atom. The monoisotopic (exact) mass is 252 g/mol. The molecule has 0 unspecified atom stereocenters. The molecule has 0 amide bonds. The summed E-state index contributed by atoms with van der Waals surface area (Å²) in [5.41, 5.74) is 0.587. The number of rotatable bonds is 5. The molecule has 2 nitrogen and oxygen atoms in total. The van der Waals surface area contributed by atoms with Crippen LogP contribution in [0, 0.1) is 5.41 Å². The van der Waals surface area contributed by atoms with Crippen molar-refractivity contribution < 1.29 is 0 Å². The average molecular weight is 252 g/mol. The van der Waals surface area contributed by atoms with Crippen molar-refractivity contribution in [2.45, 2.75) is 64.7 Å². The molecule has 18 heavy (non-hydrogen) atoms. The first-order valence-electron chi connectivity index (χ1n) is 8.28. The normalized spacial score (nSPS) is 25.8. The van der Waals surface area contributed by atoms with Crippen LogP contribution in [-0.2, 0) is 0 Å². The fraction of sp³-hybridized carbons (Fsp3) is 1.00. The molecule has 0 bridgehead atoms. The fourth-order valence-corrected chi connectivity index (χ4v) is 3.85. The van der Waals surface area contributed by atoms with Gasteiger partial charge < -0.3 is 10.2 Å². The lowest BCUT2D eigenvalue weighted by atomic mass is 9.79. The second kappa shape index (κ2) is 7.49. The van der Waals surface area contributed by atoms with E-state index in [0.717, 1.165) is 6.54 Å². The van der Waals surface area contributed by atoms with Crippen molar-refractivity contribution in [3.8, 4) is 0 Å². The van der Waals surface area contributed by atoms with Gasteiger partial charge in [-0.05, 0) is 50.7 Å². The Morgan fingerprint density at radius 1 is 0.889 bits per heavy atom. The minimum absolute atomic E-state index is 0.587. The Balaban J connectivity index is 1.93. The van der Waals surface area contributed by atoms with Gasteiger partial charge in [0.2, 0.25) is 0 Å². The third kappa shape index (κ3) is 4.24. The molecule has 2 heteroatoms. The summed E-state index contributed by atoms with van der Waals surface area (Å²) in [7, 11) is 0. The fourth-order valence-electron chi connectivity index (χ4n) is 3.85. The summed E-state index contributed by atoms with van der Waals surface area (Å²) in [6, 6.07) is 0. The highest BCUT2D eigenvalue weighted by Gasteiger charge is 2.32. The van der Waals surface area contributed by atoms with Crippen molar-refractivity contribution in [3.63, 3.8) is 0 Å². The van der Waals surface area contributed by atoms with Gasteiger partial charge in [0.1, 0.15) is 0 Å². The van der Waals surface area contributed by atoms with Gasteiger partial charge >= 0.3 is 0 Å². The van der Waals surface area contributed by atoms with E-state index >= 15 is 0 Å². The van der Waals surface area contributed by atoms with Gasteiger partial charge in [0, 0.05) is 13.1 Å². The third-order valence-electron chi connectivity index (χ3n) is 4.92. The van der Waals surface area contributed by atoms with Crippen molar-refractivity contribution >= 4 is 0 Å². The van der Waals surface area contributed by atoms with Gasteiger partial charge in [-0.15, -0.1) is 0 Å². The van der Waals surface area contributed by atoms with Gasteiger partial charge in [-0.25, -0.2) is 0 Å². The van der Waals surface area contributed by atoms with Gasteiger partial charge in [0.05, 0.1) is 0 Å². The van der Waals surface area contributed by atoms with Crippen LogP contribution in [0.15, 0.2) is 0 Å². The third-order valence-corrected chi connectivity index (χ3v) is 4.92. The van der Waals surface area contributed by atoms with E-state index in [1.807, 2.05) is 0 Å². The van der Waals surface area contributed by atoms with Gasteiger partial charge in [-0.1, -0.05) is 39.0 Å². The zero-order valence-corrected chi connectivity index (χ0v) is 12.3. The molecular weight excluding hydrogens is 220 g/mol. The van der Waals surface area contributed by atoms with Crippen molar-refractivity contribution in [2.24, 2.45) is 5.41 Å². The van der Waals surface area contributed by atoms with E-state index in [9.17, 15) is 0 Å². The van der Waals surface area contributed by atoms with Crippen LogP contribution < -0.4 is 5.32 Å². The molecule has 0 spiro atoms. The van der Waals surface area contributed by atoms with Crippen molar-refractivity contribution in [1.29, 1.82) is 0 Å². The summed E-state index contributed by atoms with van der Waals surface area (Å²) in [6.07, 6.45) is 13.1. The maximum Gasteiger partial charge on any atom is 0.00501 e. The van der Waals surface area contributed by atoms with Crippen LogP contribution in [0.2, 0.25) is 0 Å². The first kappa shape index (κ1) is 14.3. The predicted molar refractivity (Wildman–Crippen MR) is 79.0 cm³/mol. The Hall–Kier alpha value is -0.0800. The first-order valence-corrected chi connectivity index (χ1v) is 8.28. The van der Waals surface area contributed by atoms with E-state index in [1.165, 1.54) is 84.0 Å². The van der Waals surface area contributed by atoms with E-state index in [4.69, 9.17) is 0 Å². The summed E-state index contributed by atoms with van der Waals surface area (Å²) in [5.74, 6) is 0. The van der Waals surface area contributed by atoms with Gasteiger partial charge in [-0.2, -0.15) is 0 Å². The molecule has 1 N–H and O–H groups in total. The zero-order valence-electron chi connectivity index (χ0n) is 12.3. The first-order chi connectivity index (χ1) is 8.85. The molecule has 2 rings (SSSR count). The Kier molecular flexibility index (Phi) is 5.97. The predicted octanol–water partition coefficient (Wildman–Crippen LogP) is 3.42. The summed E-state index contributed by atoms with van der Waals surface area (Å²) in [4.78, 5) is 2.76. The molecule has 0 aromatic rings. The molecule has 1 saturated carbocycles. The van der Waals surface area contributed by atoms with Crippen LogP contribution in [-0.4, -0.2) is 37.6 Å². The van der Waals surface area contributed by atoms with E-state index < -0.39 is 0 Å². The van der Waals surface area contributed by atoms with E-state index in [2.05, 4.69) is 17.1 Å². The van der Waals surface area contributed by atoms with E-state index in [-0.39, 0.29) is 0 Å². The Labute approximate surface area is 114 Å². The van der Waals surface area contributed by atoms with Crippen LogP contribution in [0.3, 0.4) is 0 Å². The van der Waals surface area contributed by atoms with Crippen LogP contribution in [0.1, 0.15) is 64.7 Å². The summed E-state index contributed by atoms with van der Waals surface area (Å²) in [6.45, 7) is 8.69. The lowest BCUT2D eigenvalue weighted by Gasteiger charge is -2.39. The van der Waals surface area contributed by atoms with Crippen LogP contribution in [0.25, 0.3) is 0 Å². The van der Waals surface area contributed by atoms with Crippen molar-refractivity contribution in [3.05, 3.63) is 0 Å². The molecule has 0 atom stereocenters. The number of piperidine rings is 1. The number of likely N-dealkylation sites (tertiary alicyclic amines) is 1. The summed E-state index contributed by atoms with van der Waals surface area (Å²) in [5, 5.41) is 3.65. The molecule has 1 aliphatic carbocycles. The molecule has 2 aliphatic rings. The maximum absolute atomic E-state index is 3.65. The lowest BCUT2D eigenvalue weighted by Crippen LogP contribution is -2.45. The molecule has 0 radical (unpaired) electrons. The minimum atomic E-state index is 0.587. The molecule has 2 fully saturated rings. The number of hydrogen-bond donors (Lipinski definition) is 1. The lowest BCUT2D eigenvalue weighted by molar-refractivity contribution is 0.111. The van der Waals surface area contributed by atoms with Gasteiger partial charge in [0.25, 0.3) is 0 Å². The second-order valence-electron chi connectivity index (χ2n) is 6.53. The summed E-state index contributed by atoms with van der Waals surface area (Å²) < 4.78 is 0. The number of nitrogens with zero attached hydrogens (tertiary/aromatic N) is 1. The zero-order chi connectivity index (χ0) is 12.7. The van der Waals surface area contributed by atoms with Crippen LogP contribution >= 0.6 is 0 Å². The quantitative estimate of drug-likeness (QED) is 0.754. The largest absolute Gasteiger partial charge is 0.316 e. The van der Waals surface area contributed by atoms with Crippen LogP contribution in [0.4, 0.5) is 0 Å². The number of hydrogen-bond acceptors (Lipinski definition) is 2. The smallest absolute Gasteiger partial charge is 0.00501 e.